The van der Waals surface area contributed by atoms with E-state index in [2.05, 4.69) is 98.2 Å². The molecular formula is C30H28N2. The Kier molecular flexibility index (Phi) is 6.42. The topological polar surface area (TPSA) is 25.2 Å². The molecule has 4 rings (SSSR count). The van der Waals surface area contributed by atoms with E-state index in [-0.39, 0.29) is 0 Å². The molecule has 3 aromatic carbocycles. The van der Waals surface area contributed by atoms with E-state index >= 15 is 0 Å². The molecule has 0 bridgehead atoms. The Bertz CT molecular complexity index is 1390. The predicted octanol–water partition coefficient (Wildman–Crippen LogP) is 8.12. The van der Waals surface area contributed by atoms with Crippen LogP contribution in [0.2, 0.25) is 0 Å². The lowest BCUT2D eigenvalue weighted by Gasteiger charge is -2.16. The molecule has 0 spiro atoms. The lowest BCUT2D eigenvalue weighted by atomic mass is 9.89. The average molecular weight is 417 g/mol. The van der Waals surface area contributed by atoms with Gasteiger partial charge in [0.2, 0.25) is 0 Å². The van der Waals surface area contributed by atoms with Crippen LogP contribution in [-0.2, 0) is 0 Å². The minimum absolute atomic E-state index is 0.871. The Morgan fingerprint density at radius 1 is 1.00 bits per heavy atom. The van der Waals surface area contributed by atoms with Crippen LogP contribution in [0.1, 0.15) is 37.1 Å². The van der Waals surface area contributed by atoms with E-state index in [1.165, 1.54) is 27.1 Å². The van der Waals surface area contributed by atoms with Crippen LogP contribution in [0.3, 0.4) is 0 Å². The van der Waals surface area contributed by atoms with E-state index in [4.69, 9.17) is 4.98 Å². The number of allylic oxidation sites excluding steroid dienone is 3. The van der Waals surface area contributed by atoms with Gasteiger partial charge in [-0.3, -0.25) is 4.99 Å². The van der Waals surface area contributed by atoms with Crippen LogP contribution >= 0.6 is 0 Å². The number of benzene rings is 3. The molecule has 0 unspecified atom stereocenters. The van der Waals surface area contributed by atoms with Crippen molar-refractivity contribution in [2.45, 2.75) is 20.3 Å². The van der Waals surface area contributed by atoms with Crippen LogP contribution < -0.4 is 0 Å². The maximum atomic E-state index is 4.99. The molecule has 32 heavy (non-hydrogen) atoms. The van der Waals surface area contributed by atoms with E-state index in [0.717, 1.165) is 34.6 Å². The van der Waals surface area contributed by atoms with Gasteiger partial charge in [0.15, 0.2) is 0 Å². The second-order valence-corrected chi connectivity index (χ2v) is 7.67. The molecule has 0 aliphatic heterocycles. The zero-order valence-electron chi connectivity index (χ0n) is 19.0. The standard InChI is InChI=1S/C30H28N2/c1-5-8-15-28(31-4)29-17-11-16-27(32-29)26-20-22-19-18-21-13-9-10-14-24(21)30(22)25(12-6-2)23(26)7-3/h6-20H,3,5H2,1-2,4H3/b12-6?,15-8-,31-28+. The fraction of sp³-hybridized carbons (Fsp3) is 0.133. The highest BCUT2D eigenvalue weighted by Gasteiger charge is 2.15. The Balaban J connectivity index is 2.02. The molecule has 0 N–H and O–H groups in total. The van der Waals surface area contributed by atoms with Gasteiger partial charge in [0, 0.05) is 12.6 Å². The molecule has 0 aliphatic carbocycles. The molecule has 1 heterocycles. The van der Waals surface area contributed by atoms with Gasteiger partial charge in [-0.1, -0.05) is 80.3 Å². The number of fused-ring (bicyclic) bond motifs is 3. The van der Waals surface area contributed by atoms with Crippen molar-refractivity contribution in [2.24, 2.45) is 4.99 Å². The van der Waals surface area contributed by atoms with Crippen molar-refractivity contribution in [1.29, 1.82) is 0 Å². The Hall–Kier alpha value is -3.78. The van der Waals surface area contributed by atoms with Gasteiger partial charge in [0.05, 0.1) is 17.1 Å². The summed E-state index contributed by atoms with van der Waals surface area (Å²) in [5.74, 6) is 0. The first-order chi connectivity index (χ1) is 15.7. The Labute approximate surface area is 190 Å². The van der Waals surface area contributed by atoms with E-state index in [0.29, 0.717) is 0 Å². The van der Waals surface area contributed by atoms with Crippen molar-refractivity contribution in [3.63, 3.8) is 0 Å². The molecule has 158 valence electrons. The highest BCUT2D eigenvalue weighted by atomic mass is 14.8. The summed E-state index contributed by atoms with van der Waals surface area (Å²) in [4.78, 5) is 9.43. The van der Waals surface area contributed by atoms with Crippen LogP contribution in [0.4, 0.5) is 0 Å². The summed E-state index contributed by atoms with van der Waals surface area (Å²) in [7, 11) is 1.81. The summed E-state index contributed by atoms with van der Waals surface area (Å²) in [6.45, 7) is 8.34. The van der Waals surface area contributed by atoms with Crippen molar-refractivity contribution in [3.05, 3.63) is 102 Å². The number of nitrogens with zero attached hydrogens (tertiary/aromatic N) is 2. The second-order valence-electron chi connectivity index (χ2n) is 7.67. The van der Waals surface area contributed by atoms with Gasteiger partial charge >= 0.3 is 0 Å². The number of pyridine rings is 1. The molecule has 0 amide bonds. The maximum Gasteiger partial charge on any atom is 0.0888 e. The molecular weight excluding hydrogens is 388 g/mol. The SMILES string of the molecule is C=Cc1c(-c2cccc(C(/C=C\CC)=N/C)n2)cc2ccc3ccccc3c2c1C=CC. The number of hydrogen-bond donors (Lipinski definition) is 0. The Morgan fingerprint density at radius 2 is 1.81 bits per heavy atom. The van der Waals surface area contributed by atoms with Gasteiger partial charge < -0.3 is 0 Å². The normalized spacial score (nSPS) is 12.4. The highest BCUT2D eigenvalue weighted by molar-refractivity contribution is 6.14. The summed E-state index contributed by atoms with van der Waals surface area (Å²) in [6, 6.07) is 21.3. The summed E-state index contributed by atoms with van der Waals surface area (Å²) in [5.41, 5.74) is 6.02. The maximum absolute atomic E-state index is 4.99. The van der Waals surface area contributed by atoms with Crippen molar-refractivity contribution in [1.82, 2.24) is 4.98 Å². The van der Waals surface area contributed by atoms with Crippen molar-refractivity contribution in [2.75, 3.05) is 7.05 Å². The summed E-state index contributed by atoms with van der Waals surface area (Å²) >= 11 is 0. The van der Waals surface area contributed by atoms with Gasteiger partial charge in [0.25, 0.3) is 0 Å². The molecule has 2 nitrogen and oxygen atoms in total. The van der Waals surface area contributed by atoms with Gasteiger partial charge in [-0.25, -0.2) is 4.98 Å². The third-order valence-electron chi connectivity index (χ3n) is 5.69. The molecule has 2 heteroatoms. The van der Waals surface area contributed by atoms with Crippen LogP contribution in [0.25, 0.3) is 45.0 Å². The van der Waals surface area contributed by atoms with Crippen LogP contribution in [-0.4, -0.2) is 17.7 Å². The van der Waals surface area contributed by atoms with E-state index in [9.17, 15) is 0 Å². The molecule has 4 aromatic rings. The van der Waals surface area contributed by atoms with Crippen molar-refractivity contribution >= 4 is 39.4 Å². The smallest absolute Gasteiger partial charge is 0.0888 e. The largest absolute Gasteiger partial charge is 0.286 e. The third-order valence-corrected chi connectivity index (χ3v) is 5.69. The van der Waals surface area contributed by atoms with Crippen LogP contribution in [0.5, 0.6) is 0 Å². The molecule has 1 aromatic heterocycles. The fourth-order valence-electron chi connectivity index (χ4n) is 4.23. The number of rotatable bonds is 6. The van der Waals surface area contributed by atoms with Gasteiger partial charge in [-0.15, -0.1) is 0 Å². The quantitative estimate of drug-likeness (QED) is 0.230. The number of aromatic nitrogens is 1. The van der Waals surface area contributed by atoms with E-state index in [1.54, 1.807) is 0 Å². The Morgan fingerprint density at radius 3 is 2.56 bits per heavy atom. The van der Waals surface area contributed by atoms with Crippen LogP contribution in [0, 0.1) is 0 Å². The molecule has 0 saturated heterocycles. The first-order valence-electron chi connectivity index (χ1n) is 11.1. The van der Waals surface area contributed by atoms with Gasteiger partial charge in [-0.2, -0.15) is 0 Å². The molecule has 0 saturated carbocycles. The highest BCUT2D eigenvalue weighted by Crippen LogP contribution is 2.37. The minimum Gasteiger partial charge on any atom is -0.286 e. The lowest BCUT2D eigenvalue weighted by molar-refractivity contribution is 1.22. The second kappa shape index (κ2) is 9.57. The zero-order chi connectivity index (χ0) is 22.5. The fourth-order valence-corrected chi connectivity index (χ4v) is 4.23. The molecule has 0 atom stereocenters. The monoisotopic (exact) mass is 416 g/mol. The van der Waals surface area contributed by atoms with Crippen molar-refractivity contribution < 1.29 is 0 Å². The van der Waals surface area contributed by atoms with Gasteiger partial charge in [0.1, 0.15) is 0 Å². The van der Waals surface area contributed by atoms with Gasteiger partial charge in [-0.05, 0) is 70.3 Å². The van der Waals surface area contributed by atoms with E-state index < -0.39 is 0 Å². The third kappa shape index (κ3) is 3.92. The average Bonchev–Trinajstić information content (AvgIpc) is 2.84. The first-order valence-corrected chi connectivity index (χ1v) is 11.1. The van der Waals surface area contributed by atoms with Crippen LogP contribution in [0.15, 0.2) is 90.5 Å². The summed E-state index contributed by atoms with van der Waals surface area (Å²) in [6.07, 6.45) is 11.3. The zero-order valence-corrected chi connectivity index (χ0v) is 19.0. The molecule has 0 fully saturated rings. The predicted molar refractivity (Wildman–Crippen MR) is 141 cm³/mol. The molecule has 0 radical (unpaired) electrons. The number of aliphatic imine (C=N–C) groups is 1. The minimum atomic E-state index is 0.871. The van der Waals surface area contributed by atoms with Crippen molar-refractivity contribution in [3.8, 4) is 11.3 Å². The first kappa shape index (κ1) is 21.5. The summed E-state index contributed by atoms with van der Waals surface area (Å²) in [5, 5.41) is 4.93. The van der Waals surface area contributed by atoms with E-state index in [1.807, 2.05) is 25.3 Å². The lowest BCUT2D eigenvalue weighted by Crippen LogP contribution is -2.02. The number of hydrogen-bond acceptors (Lipinski definition) is 2. The summed E-state index contributed by atoms with van der Waals surface area (Å²) < 4.78 is 0. The molecule has 0 aliphatic rings.